The molecule has 2 heteroatoms. The molecule has 88 valence electrons. The second-order valence-corrected chi connectivity index (χ2v) is 5.49. The third kappa shape index (κ3) is 2.16. The monoisotopic (exact) mass is 219 g/mol. The van der Waals surface area contributed by atoms with E-state index >= 15 is 0 Å². The van der Waals surface area contributed by atoms with Crippen molar-refractivity contribution in [2.24, 2.45) is 5.41 Å². The SMILES string of the molecule is Cc1nc(C)c(C(=O)C(C)(C)C)c(C)c1C. The summed E-state index contributed by atoms with van der Waals surface area (Å²) in [6, 6.07) is 0. The van der Waals surface area contributed by atoms with E-state index in [1.807, 2.05) is 48.5 Å². The molecule has 0 atom stereocenters. The highest BCUT2D eigenvalue weighted by Gasteiger charge is 2.27. The molecule has 0 bridgehead atoms. The first kappa shape index (κ1) is 12.9. The summed E-state index contributed by atoms with van der Waals surface area (Å²) >= 11 is 0. The van der Waals surface area contributed by atoms with Crippen molar-refractivity contribution in [2.75, 3.05) is 0 Å². The number of rotatable bonds is 1. The van der Waals surface area contributed by atoms with Crippen molar-refractivity contribution in [3.05, 3.63) is 28.1 Å². The van der Waals surface area contributed by atoms with Crippen molar-refractivity contribution in [3.8, 4) is 0 Å². The first-order valence-electron chi connectivity index (χ1n) is 5.65. The van der Waals surface area contributed by atoms with Crippen molar-refractivity contribution in [1.29, 1.82) is 0 Å². The zero-order valence-corrected chi connectivity index (χ0v) is 11.4. The Hall–Kier alpha value is -1.18. The quantitative estimate of drug-likeness (QED) is 0.676. The Kier molecular flexibility index (Phi) is 3.22. The Bertz CT molecular complexity index is 439. The van der Waals surface area contributed by atoms with Gasteiger partial charge >= 0.3 is 0 Å². The van der Waals surface area contributed by atoms with Gasteiger partial charge in [0.2, 0.25) is 0 Å². The summed E-state index contributed by atoms with van der Waals surface area (Å²) in [5, 5.41) is 0. The molecule has 0 N–H and O–H groups in total. The second-order valence-electron chi connectivity index (χ2n) is 5.49. The van der Waals surface area contributed by atoms with Crippen LogP contribution in [0, 0.1) is 33.1 Å². The fourth-order valence-electron chi connectivity index (χ4n) is 1.83. The topological polar surface area (TPSA) is 30.0 Å². The van der Waals surface area contributed by atoms with Crippen LogP contribution in [0.25, 0.3) is 0 Å². The van der Waals surface area contributed by atoms with E-state index in [2.05, 4.69) is 4.98 Å². The highest BCUT2D eigenvalue weighted by atomic mass is 16.1. The predicted octanol–water partition coefficient (Wildman–Crippen LogP) is 3.54. The minimum Gasteiger partial charge on any atom is -0.294 e. The van der Waals surface area contributed by atoms with Gasteiger partial charge in [0, 0.05) is 22.4 Å². The summed E-state index contributed by atoms with van der Waals surface area (Å²) in [6.07, 6.45) is 0. The maximum absolute atomic E-state index is 12.3. The van der Waals surface area contributed by atoms with Gasteiger partial charge in [-0.25, -0.2) is 0 Å². The Morgan fingerprint density at radius 2 is 1.44 bits per heavy atom. The molecule has 0 spiro atoms. The van der Waals surface area contributed by atoms with Gasteiger partial charge in [-0.05, 0) is 38.8 Å². The fraction of sp³-hybridized carbons (Fsp3) is 0.571. The average molecular weight is 219 g/mol. The van der Waals surface area contributed by atoms with E-state index < -0.39 is 0 Å². The zero-order chi connectivity index (χ0) is 12.7. The van der Waals surface area contributed by atoms with Gasteiger partial charge in [-0.2, -0.15) is 0 Å². The van der Waals surface area contributed by atoms with Gasteiger partial charge in [0.25, 0.3) is 0 Å². The first-order chi connectivity index (χ1) is 7.16. The highest BCUT2D eigenvalue weighted by Crippen LogP contribution is 2.27. The largest absolute Gasteiger partial charge is 0.294 e. The number of Topliss-reactive ketones (excluding diaryl/α,β-unsaturated/α-hetero) is 1. The Labute approximate surface area is 98.1 Å². The summed E-state index contributed by atoms with van der Waals surface area (Å²) in [5.41, 5.74) is 4.51. The average Bonchev–Trinajstić information content (AvgIpc) is 2.13. The molecule has 1 rings (SSSR count). The van der Waals surface area contributed by atoms with Crippen LogP contribution in [0.1, 0.15) is 53.6 Å². The maximum Gasteiger partial charge on any atom is 0.170 e. The lowest BCUT2D eigenvalue weighted by molar-refractivity contribution is 0.0856. The molecule has 0 unspecified atom stereocenters. The molecular formula is C14H21NO. The van der Waals surface area contributed by atoms with E-state index in [4.69, 9.17) is 0 Å². The molecule has 1 aromatic heterocycles. The lowest BCUT2D eigenvalue weighted by Gasteiger charge is -2.21. The Morgan fingerprint density at radius 3 is 1.88 bits per heavy atom. The Morgan fingerprint density at radius 1 is 0.938 bits per heavy atom. The summed E-state index contributed by atoms with van der Waals surface area (Å²) in [5.74, 6) is 0.179. The number of carbonyl (C=O) groups excluding carboxylic acids is 1. The van der Waals surface area contributed by atoms with E-state index in [0.717, 1.165) is 28.1 Å². The van der Waals surface area contributed by atoms with E-state index in [1.54, 1.807) is 0 Å². The molecule has 16 heavy (non-hydrogen) atoms. The molecule has 0 amide bonds. The summed E-state index contributed by atoms with van der Waals surface area (Å²) in [4.78, 5) is 16.8. The van der Waals surface area contributed by atoms with E-state index in [9.17, 15) is 4.79 Å². The molecule has 0 aliphatic rings. The third-order valence-electron chi connectivity index (χ3n) is 3.09. The van der Waals surface area contributed by atoms with Gasteiger partial charge in [0.1, 0.15) is 0 Å². The van der Waals surface area contributed by atoms with Gasteiger partial charge in [-0.15, -0.1) is 0 Å². The van der Waals surface area contributed by atoms with Gasteiger partial charge in [-0.3, -0.25) is 9.78 Å². The number of pyridine rings is 1. The fourth-order valence-corrected chi connectivity index (χ4v) is 1.83. The number of hydrogen-bond acceptors (Lipinski definition) is 2. The van der Waals surface area contributed by atoms with Crippen LogP contribution in [0.5, 0.6) is 0 Å². The minimum atomic E-state index is -0.348. The maximum atomic E-state index is 12.3. The van der Waals surface area contributed by atoms with Gasteiger partial charge < -0.3 is 0 Å². The van der Waals surface area contributed by atoms with Gasteiger partial charge in [-0.1, -0.05) is 20.8 Å². The molecule has 0 saturated heterocycles. The number of hydrogen-bond donors (Lipinski definition) is 0. The molecular weight excluding hydrogens is 198 g/mol. The highest BCUT2D eigenvalue weighted by molar-refractivity contribution is 6.02. The number of carbonyl (C=O) groups is 1. The molecule has 1 heterocycles. The number of aryl methyl sites for hydroxylation is 2. The van der Waals surface area contributed by atoms with E-state index in [0.29, 0.717) is 0 Å². The van der Waals surface area contributed by atoms with Crippen LogP contribution in [0.3, 0.4) is 0 Å². The lowest BCUT2D eigenvalue weighted by Crippen LogP contribution is -2.23. The van der Waals surface area contributed by atoms with Crippen LogP contribution < -0.4 is 0 Å². The van der Waals surface area contributed by atoms with Crippen LogP contribution >= 0.6 is 0 Å². The van der Waals surface area contributed by atoms with Crippen molar-refractivity contribution in [3.63, 3.8) is 0 Å². The van der Waals surface area contributed by atoms with E-state index in [1.165, 1.54) is 0 Å². The molecule has 0 radical (unpaired) electrons. The van der Waals surface area contributed by atoms with Crippen LogP contribution in [0.15, 0.2) is 0 Å². The summed E-state index contributed by atoms with van der Waals surface area (Å²) in [7, 11) is 0. The lowest BCUT2D eigenvalue weighted by atomic mass is 9.83. The van der Waals surface area contributed by atoms with Gasteiger partial charge in [0.15, 0.2) is 5.78 Å². The molecule has 2 nitrogen and oxygen atoms in total. The summed E-state index contributed by atoms with van der Waals surface area (Å²) in [6.45, 7) is 13.8. The van der Waals surface area contributed by atoms with Crippen LogP contribution in [0.2, 0.25) is 0 Å². The molecule has 0 saturated carbocycles. The third-order valence-corrected chi connectivity index (χ3v) is 3.09. The van der Waals surface area contributed by atoms with Crippen LogP contribution in [-0.4, -0.2) is 10.8 Å². The standard InChI is InChI=1S/C14H21NO/c1-8-9(2)12(11(4)15-10(8)3)13(16)14(5,6)7/h1-7H3. The smallest absolute Gasteiger partial charge is 0.170 e. The number of nitrogens with zero attached hydrogens (tertiary/aromatic N) is 1. The Balaban J connectivity index is 3.47. The normalized spacial score (nSPS) is 11.7. The molecule has 0 aromatic carbocycles. The van der Waals surface area contributed by atoms with Crippen LogP contribution in [-0.2, 0) is 0 Å². The van der Waals surface area contributed by atoms with Crippen molar-refractivity contribution < 1.29 is 4.79 Å². The van der Waals surface area contributed by atoms with Crippen molar-refractivity contribution in [1.82, 2.24) is 4.98 Å². The van der Waals surface area contributed by atoms with Crippen LogP contribution in [0.4, 0.5) is 0 Å². The summed E-state index contributed by atoms with van der Waals surface area (Å²) < 4.78 is 0. The number of aromatic nitrogens is 1. The second kappa shape index (κ2) is 4.00. The molecule has 1 aromatic rings. The zero-order valence-electron chi connectivity index (χ0n) is 11.4. The molecule has 0 fully saturated rings. The van der Waals surface area contributed by atoms with Crippen molar-refractivity contribution >= 4 is 5.78 Å². The van der Waals surface area contributed by atoms with E-state index in [-0.39, 0.29) is 11.2 Å². The van der Waals surface area contributed by atoms with Crippen molar-refractivity contribution in [2.45, 2.75) is 48.5 Å². The first-order valence-corrected chi connectivity index (χ1v) is 5.65. The molecule has 0 aliphatic carbocycles. The predicted molar refractivity (Wildman–Crippen MR) is 67.0 cm³/mol. The molecule has 0 aliphatic heterocycles. The van der Waals surface area contributed by atoms with Gasteiger partial charge in [0.05, 0.1) is 0 Å². The minimum absolute atomic E-state index is 0.179. The number of ketones is 1.